The number of nitrogens with one attached hydrogen (secondary N) is 1. The third kappa shape index (κ3) is 5.58. The molecule has 0 aliphatic carbocycles. The molecule has 0 heterocycles. The summed E-state index contributed by atoms with van der Waals surface area (Å²) >= 11 is 6.56. The standard InChI is InChI=1S/C11H11Br2NO5/c12-6-1-2-9(7(13)3-6)19-5-10(16)14-4-8(15)11(17)18/h1-3,8,15H,4-5H2,(H,14,16)(H,17,18)/t8-/m0/s1. The van der Waals surface area contributed by atoms with E-state index in [1.165, 1.54) is 0 Å². The van der Waals surface area contributed by atoms with Gasteiger partial charge in [0.2, 0.25) is 0 Å². The fraction of sp³-hybridized carbons (Fsp3) is 0.273. The number of benzene rings is 1. The summed E-state index contributed by atoms with van der Waals surface area (Å²) in [5, 5.41) is 19.6. The molecule has 0 unspecified atom stereocenters. The maximum atomic E-state index is 11.4. The van der Waals surface area contributed by atoms with Crippen LogP contribution in [0.3, 0.4) is 0 Å². The molecule has 0 aliphatic rings. The van der Waals surface area contributed by atoms with Gasteiger partial charge in [0.05, 0.1) is 11.0 Å². The summed E-state index contributed by atoms with van der Waals surface area (Å²) in [6.45, 7) is -0.633. The van der Waals surface area contributed by atoms with Gasteiger partial charge in [-0.05, 0) is 34.1 Å². The molecule has 6 nitrogen and oxygen atoms in total. The fourth-order valence-corrected chi connectivity index (χ4v) is 2.25. The van der Waals surface area contributed by atoms with E-state index < -0.39 is 18.0 Å². The second-order valence-corrected chi connectivity index (χ2v) is 5.29. The highest BCUT2D eigenvalue weighted by Gasteiger charge is 2.14. The topological polar surface area (TPSA) is 95.9 Å². The molecule has 1 aromatic carbocycles. The van der Waals surface area contributed by atoms with Crippen molar-refractivity contribution in [1.29, 1.82) is 0 Å². The van der Waals surface area contributed by atoms with Crippen LogP contribution in [0.4, 0.5) is 0 Å². The molecule has 1 aromatic rings. The first-order chi connectivity index (χ1) is 8.90. The number of carbonyl (C=O) groups excluding carboxylic acids is 1. The molecule has 0 bridgehead atoms. The molecule has 1 amide bonds. The number of ether oxygens (including phenoxy) is 1. The number of hydrogen-bond donors (Lipinski definition) is 3. The Labute approximate surface area is 126 Å². The van der Waals surface area contributed by atoms with E-state index in [4.69, 9.17) is 14.9 Å². The van der Waals surface area contributed by atoms with E-state index in [1.807, 2.05) is 0 Å². The first-order valence-electron chi connectivity index (χ1n) is 5.15. The molecule has 8 heteroatoms. The zero-order chi connectivity index (χ0) is 14.4. The van der Waals surface area contributed by atoms with Crippen LogP contribution >= 0.6 is 31.9 Å². The van der Waals surface area contributed by atoms with E-state index in [0.29, 0.717) is 10.2 Å². The number of amides is 1. The van der Waals surface area contributed by atoms with Gasteiger partial charge in [0, 0.05) is 4.47 Å². The molecule has 0 aliphatic heterocycles. The monoisotopic (exact) mass is 395 g/mol. The number of rotatable bonds is 6. The Morgan fingerprint density at radius 2 is 2.05 bits per heavy atom. The van der Waals surface area contributed by atoms with Crippen molar-refractivity contribution in [1.82, 2.24) is 5.32 Å². The van der Waals surface area contributed by atoms with E-state index in [2.05, 4.69) is 37.2 Å². The lowest BCUT2D eigenvalue weighted by atomic mass is 10.3. The van der Waals surface area contributed by atoms with Gasteiger partial charge in [0.25, 0.3) is 5.91 Å². The number of aliphatic hydroxyl groups is 1. The van der Waals surface area contributed by atoms with Gasteiger partial charge in [-0.3, -0.25) is 4.79 Å². The molecular weight excluding hydrogens is 386 g/mol. The average Bonchev–Trinajstić information content (AvgIpc) is 2.34. The van der Waals surface area contributed by atoms with Crippen molar-refractivity contribution in [2.24, 2.45) is 0 Å². The number of aliphatic hydroxyl groups excluding tert-OH is 1. The maximum absolute atomic E-state index is 11.4. The van der Waals surface area contributed by atoms with E-state index in [1.54, 1.807) is 18.2 Å². The van der Waals surface area contributed by atoms with Gasteiger partial charge in [-0.25, -0.2) is 4.79 Å². The van der Waals surface area contributed by atoms with Crippen molar-refractivity contribution in [3.8, 4) is 5.75 Å². The lowest BCUT2D eigenvalue weighted by Crippen LogP contribution is -2.38. The lowest BCUT2D eigenvalue weighted by molar-refractivity contribution is -0.146. The van der Waals surface area contributed by atoms with Gasteiger partial charge in [-0.1, -0.05) is 15.9 Å². The van der Waals surface area contributed by atoms with Crippen molar-refractivity contribution in [3.63, 3.8) is 0 Å². The number of hydrogen-bond acceptors (Lipinski definition) is 4. The summed E-state index contributed by atoms with van der Waals surface area (Å²) < 4.78 is 6.78. The Balaban J connectivity index is 2.40. The van der Waals surface area contributed by atoms with Crippen molar-refractivity contribution < 1.29 is 24.5 Å². The summed E-state index contributed by atoms with van der Waals surface area (Å²) in [5.41, 5.74) is 0. The predicted molar refractivity (Wildman–Crippen MR) is 74.0 cm³/mol. The van der Waals surface area contributed by atoms with E-state index in [-0.39, 0.29) is 13.2 Å². The zero-order valence-corrected chi connectivity index (χ0v) is 12.8. The van der Waals surface area contributed by atoms with E-state index in [9.17, 15) is 9.59 Å². The van der Waals surface area contributed by atoms with Gasteiger partial charge in [-0.2, -0.15) is 0 Å². The minimum atomic E-state index is -1.62. The normalized spacial score (nSPS) is 11.7. The molecule has 0 radical (unpaired) electrons. The summed E-state index contributed by atoms with van der Waals surface area (Å²) in [7, 11) is 0. The Morgan fingerprint density at radius 1 is 1.37 bits per heavy atom. The van der Waals surface area contributed by atoms with Gasteiger partial charge >= 0.3 is 5.97 Å². The van der Waals surface area contributed by atoms with Crippen LogP contribution in [0.1, 0.15) is 0 Å². The lowest BCUT2D eigenvalue weighted by Gasteiger charge is -2.10. The second-order valence-electron chi connectivity index (χ2n) is 3.52. The first kappa shape index (κ1) is 15.9. The summed E-state index contributed by atoms with van der Waals surface area (Å²) in [5.74, 6) is -1.43. The smallest absolute Gasteiger partial charge is 0.334 e. The van der Waals surface area contributed by atoms with Crippen LogP contribution in [-0.2, 0) is 9.59 Å². The first-order valence-corrected chi connectivity index (χ1v) is 6.74. The highest BCUT2D eigenvalue weighted by Crippen LogP contribution is 2.27. The molecular formula is C11H11Br2NO5. The van der Waals surface area contributed by atoms with Gasteiger partial charge in [0.15, 0.2) is 12.7 Å². The van der Waals surface area contributed by atoms with Gasteiger partial charge in [0.1, 0.15) is 5.75 Å². The van der Waals surface area contributed by atoms with Crippen LogP contribution in [0.2, 0.25) is 0 Å². The molecule has 3 N–H and O–H groups in total. The van der Waals surface area contributed by atoms with Crippen LogP contribution < -0.4 is 10.1 Å². The molecule has 1 rings (SSSR count). The van der Waals surface area contributed by atoms with Crippen molar-refractivity contribution in [2.45, 2.75) is 6.10 Å². The van der Waals surface area contributed by atoms with Crippen molar-refractivity contribution >= 4 is 43.7 Å². The number of halogens is 2. The van der Waals surface area contributed by atoms with Crippen LogP contribution in [0.25, 0.3) is 0 Å². The zero-order valence-electron chi connectivity index (χ0n) is 9.60. The average molecular weight is 397 g/mol. The SMILES string of the molecule is O=C(COc1ccc(Br)cc1Br)NC[C@H](O)C(=O)O. The summed E-state index contributed by atoms with van der Waals surface area (Å²) in [6, 6.07) is 5.20. The van der Waals surface area contributed by atoms with Gasteiger partial charge in [-0.15, -0.1) is 0 Å². The maximum Gasteiger partial charge on any atom is 0.334 e. The number of carbonyl (C=O) groups is 2. The minimum Gasteiger partial charge on any atom is -0.483 e. The number of aliphatic carboxylic acids is 1. The Bertz CT molecular complexity index is 480. The van der Waals surface area contributed by atoms with Crippen LogP contribution in [0.15, 0.2) is 27.1 Å². The third-order valence-corrected chi connectivity index (χ3v) is 3.14. The molecule has 19 heavy (non-hydrogen) atoms. The molecule has 1 atom stereocenters. The Hall–Kier alpha value is -1.12. The number of carboxylic acid groups (broad SMARTS) is 1. The quantitative estimate of drug-likeness (QED) is 0.670. The minimum absolute atomic E-state index is 0.271. The van der Waals surface area contributed by atoms with Crippen LogP contribution in [0.5, 0.6) is 5.75 Å². The fourth-order valence-electron chi connectivity index (χ4n) is 1.08. The highest BCUT2D eigenvalue weighted by atomic mass is 79.9. The van der Waals surface area contributed by atoms with Crippen LogP contribution in [0, 0.1) is 0 Å². The molecule has 0 saturated carbocycles. The van der Waals surface area contributed by atoms with E-state index >= 15 is 0 Å². The summed E-state index contributed by atoms with van der Waals surface area (Å²) in [4.78, 5) is 21.7. The van der Waals surface area contributed by atoms with Crippen molar-refractivity contribution in [2.75, 3.05) is 13.2 Å². The molecule has 104 valence electrons. The summed E-state index contributed by atoms with van der Waals surface area (Å²) in [6.07, 6.45) is -1.62. The Kier molecular flexibility index (Phi) is 6.26. The molecule has 0 spiro atoms. The second kappa shape index (κ2) is 7.46. The largest absolute Gasteiger partial charge is 0.483 e. The van der Waals surface area contributed by atoms with Gasteiger partial charge < -0.3 is 20.3 Å². The Morgan fingerprint density at radius 3 is 2.63 bits per heavy atom. The highest BCUT2D eigenvalue weighted by molar-refractivity contribution is 9.11. The van der Waals surface area contributed by atoms with Crippen molar-refractivity contribution in [3.05, 3.63) is 27.1 Å². The van der Waals surface area contributed by atoms with Crippen LogP contribution in [-0.4, -0.2) is 41.3 Å². The molecule has 0 fully saturated rings. The van der Waals surface area contributed by atoms with E-state index in [0.717, 1.165) is 4.47 Å². The number of carboxylic acids is 1. The third-order valence-electron chi connectivity index (χ3n) is 2.03. The molecule has 0 saturated heterocycles. The predicted octanol–water partition coefficient (Wildman–Crippen LogP) is 1.15. The molecule has 0 aromatic heterocycles.